The molecule has 1 heterocycles. The standard InChI is InChI=1S/C11H24N4/c1-4-10-8-15(6-5-14(10)3)7-9(2)11(12)13/h9-10H,4-8H2,1-3H3,(H3,12,13). The molecular weight excluding hydrogens is 188 g/mol. The summed E-state index contributed by atoms with van der Waals surface area (Å²) in [6.07, 6.45) is 1.20. The number of rotatable bonds is 4. The molecule has 0 aromatic heterocycles. The van der Waals surface area contributed by atoms with Crippen LogP contribution < -0.4 is 5.73 Å². The number of piperazine rings is 1. The first kappa shape index (κ1) is 12.5. The number of amidine groups is 1. The number of likely N-dealkylation sites (N-methyl/N-ethyl adjacent to an activating group) is 1. The average molecular weight is 212 g/mol. The van der Waals surface area contributed by atoms with Gasteiger partial charge in [-0.05, 0) is 13.5 Å². The number of hydrogen-bond donors (Lipinski definition) is 2. The topological polar surface area (TPSA) is 56.4 Å². The Bertz CT molecular complexity index is 217. The van der Waals surface area contributed by atoms with Gasteiger partial charge in [0.1, 0.15) is 0 Å². The molecule has 2 atom stereocenters. The SMILES string of the molecule is CCC1CN(CC(C)C(=N)N)CCN1C. The van der Waals surface area contributed by atoms with Crippen molar-refractivity contribution in [1.29, 1.82) is 5.41 Å². The van der Waals surface area contributed by atoms with E-state index in [2.05, 4.69) is 23.8 Å². The van der Waals surface area contributed by atoms with E-state index in [1.807, 2.05) is 6.92 Å². The second kappa shape index (κ2) is 5.47. The summed E-state index contributed by atoms with van der Waals surface area (Å²) in [4.78, 5) is 4.86. The van der Waals surface area contributed by atoms with Crippen LogP contribution in [-0.2, 0) is 0 Å². The van der Waals surface area contributed by atoms with Crippen molar-refractivity contribution in [2.75, 3.05) is 33.2 Å². The van der Waals surface area contributed by atoms with Crippen LogP contribution in [0.15, 0.2) is 0 Å². The zero-order chi connectivity index (χ0) is 11.4. The molecule has 0 aliphatic carbocycles. The summed E-state index contributed by atoms with van der Waals surface area (Å²) < 4.78 is 0. The van der Waals surface area contributed by atoms with Crippen LogP contribution >= 0.6 is 0 Å². The van der Waals surface area contributed by atoms with E-state index in [9.17, 15) is 0 Å². The molecule has 2 unspecified atom stereocenters. The van der Waals surface area contributed by atoms with Crippen molar-refractivity contribution in [2.24, 2.45) is 11.7 Å². The van der Waals surface area contributed by atoms with Gasteiger partial charge in [0.25, 0.3) is 0 Å². The molecule has 0 spiro atoms. The average Bonchev–Trinajstić information content (AvgIpc) is 2.20. The van der Waals surface area contributed by atoms with Crippen molar-refractivity contribution in [3.63, 3.8) is 0 Å². The maximum absolute atomic E-state index is 7.39. The summed E-state index contributed by atoms with van der Waals surface area (Å²) in [5.41, 5.74) is 5.49. The Hall–Kier alpha value is -0.610. The van der Waals surface area contributed by atoms with Gasteiger partial charge in [0, 0.05) is 38.1 Å². The zero-order valence-corrected chi connectivity index (χ0v) is 10.2. The molecule has 0 aromatic rings. The maximum Gasteiger partial charge on any atom is 0.0947 e. The Morgan fingerprint density at radius 3 is 2.73 bits per heavy atom. The second-order valence-corrected chi connectivity index (χ2v) is 4.66. The maximum atomic E-state index is 7.39. The molecule has 0 saturated carbocycles. The molecule has 0 bridgehead atoms. The third-order valence-corrected chi connectivity index (χ3v) is 3.40. The second-order valence-electron chi connectivity index (χ2n) is 4.66. The summed E-state index contributed by atoms with van der Waals surface area (Å²) in [7, 11) is 2.19. The first-order valence-corrected chi connectivity index (χ1v) is 5.81. The Morgan fingerprint density at radius 1 is 1.53 bits per heavy atom. The quantitative estimate of drug-likeness (QED) is 0.529. The predicted molar refractivity (Wildman–Crippen MR) is 64.2 cm³/mol. The minimum absolute atomic E-state index is 0.186. The highest BCUT2D eigenvalue weighted by molar-refractivity contribution is 5.79. The van der Waals surface area contributed by atoms with Gasteiger partial charge in [-0.3, -0.25) is 10.3 Å². The lowest BCUT2D eigenvalue weighted by Gasteiger charge is -2.39. The first-order chi connectivity index (χ1) is 7.04. The van der Waals surface area contributed by atoms with E-state index in [-0.39, 0.29) is 5.92 Å². The minimum atomic E-state index is 0.186. The molecule has 15 heavy (non-hydrogen) atoms. The molecule has 88 valence electrons. The third-order valence-electron chi connectivity index (χ3n) is 3.40. The molecule has 1 aliphatic heterocycles. The largest absolute Gasteiger partial charge is 0.387 e. The lowest BCUT2D eigenvalue weighted by molar-refractivity contribution is 0.0889. The minimum Gasteiger partial charge on any atom is -0.387 e. The highest BCUT2D eigenvalue weighted by atomic mass is 15.3. The molecule has 3 N–H and O–H groups in total. The summed E-state index contributed by atoms with van der Waals surface area (Å²) in [6.45, 7) is 8.54. The van der Waals surface area contributed by atoms with Gasteiger partial charge < -0.3 is 10.6 Å². The lowest BCUT2D eigenvalue weighted by Crippen LogP contribution is -2.52. The van der Waals surface area contributed by atoms with Crippen molar-refractivity contribution in [3.05, 3.63) is 0 Å². The van der Waals surface area contributed by atoms with Crippen LogP contribution in [0.2, 0.25) is 0 Å². The van der Waals surface area contributed by atoms with Gasteiger partial charge in [-0.25, -0.2) is 0 Å². The molecule has 1 rings (SSSR count). The van der Waals surface area contributed by atoms with E-state index in [1.165, 1.54) is 6.42 Å². The Balaban J connectivity index is 2.41. The fourth-order valence-corrected chi connectivity index (χ4v) is 2.10. The summed E-state index contributed by atoms with van der Waals surface area (Å²) in [6, 6.07) is 0.665. The van der Waals surface area contributed by atoms with Crippen LogP contribution in [0.4, 0.5) is 0 Å². The number of hydrogen-bond acceptors (Lipinski definition) is 3. The van der Waals surface area contributed by atoms with Crippen LogP contribution in [0, 0.1) is 11.3 Å². The lowest BCUT2D eigenvalue weighted by atomic mass is 10.1. The molecule has 4 nitrogen and oxygen atoms in total. The summed E-state index contributed by atoms with van der Waals surface area (Å²) >= 11 is 0. The summed E-state index contributed by atoms with van der Waals surface area (Å²) in [5, 5.41) is 7.39. The molecular formula is C11H24N4. The van der Waals surface area contributed by atoms with Crippen LogP contribution in [-0.4, -0.2) is 54.9 Å². The Morgan fingerprint density at radius 2 is 2.20 bits per heavy atom. The van der Waals surface area contributed by atoms with Crippen molar-refractivity contribution in [2.45, 2.75) is 26.3 Å². The normalized spacial score (nSPS) is 26.5. The van der Waals surface area contributed by atoms with E-state index < -0.39 is 0 Å². The van der Waals surface area contributed by atoms with Gasteiger partial charge in [-0.1, -0.05) is 13.8 Å². The van der Waals surface area contributed by atoms with E-state index in [0.29, 0.717) is 11.9 Å². The Kier molecular flexibility index (Phi) is 4.54. The highest BCUT2D eigenvalue weighted by Gasteiger charge is 2.23. The molecule has 4 heteroatoms. The summed E-state index contributed by atoms with van der Waals surface area (Å²) in [5.74, 6) is 0.493. The molecule has 0 aromatic carbocycles. The first-order valence-electron chi connectivity index (χ1n) is 5.81. The number of nitrogens with zero attached hydrogens (tertiary/aromatic N) is 2. The molecule has 0 radical (unpaired) electrons. The van der Waals surface area contributed by atoms with Gasteiger partial charge in [0.2, 0.25) is 0 Å². The zero-order valence-electron chi connectivity index (χ0n) is 10.2. The van der Waals surface area contributed by atoms with Crippen molar-refractivity contribution >= 4 is 5.84 Å². The predicted octanol–water partition coefficient (Wildman–Crippen LogP) is 0.584. The van der Waals surface area contributed by atoms with E-state index in [1.54, 1.807) is 0 Å². The third kappa shape index (κ3) is 3.47. The van der Waals surface area contributed by atoms with Gasteiger partial charge in [-0.15, -0.1) is 0 Å². The van der Waals surface area contributed by atoms with Gasteiger partial charge in [0.15, 0.2) is 0 Å². The number of nitrogens with one attached hydrogen (secondary N) is 1. The van der Waals surface area contributed by atoms with Crippen LogP contribution in [0.1, 0.15) is 20.3 Å². The van der Waals surface area contributed by atoms with Gasteiger partial charge in [0.05, 0.1) is 5.84 Å². The molecule has 1 fully saturated rings. The highest BCUT2D eigenvalue weighted by Crippen LogP contribution is 2.12. The van der Waals surface area contributed by atoms with Crippen molar-refractivity contribution in [1.82, 2.24) is 9.80 Å². The van der Waals surface area contributed by atoms with Crippen LogP contribution in [0.3, 0.4) is 0 Å². The van der Waals surface area contributed by atoms with E-state index in [4.69, 9.17) is 11.1 Å². The van der Waals surface area contributed by atoms with Crippen molar-refractivity contribution < 1.29 is 0 Å². The molecule has 0 amide bonds. The number of nitrogens with two attached hydrogens (primary N) is 1. The van der Waals surface area contributed by atoms with Crippen molar-refractivity contribution in [3.8, 4) is 0 Å². The molecule has 1 aliphatic rings. The van der Waals surface area contributed by atoms with Crippen LogP contribution in [0.5, 0.6) is 0 Å². The van der Waals surface area contributed by atoms with Gasteiger partial charge in [-0.2, -0.15) is 0 Å². The molecule has 1 saturated heterocycles. The smallest absolute Gasteiger partial charge is 0.0947 e. The Labute approximate surface area is 92.9 Å². The monoisotopic (exact) mass is 212 g/mol. The fraction of sp³-hybridized carbons (Fsp3) is 0.909. The fourth-order valence-electron chi connectivity index (χ4n) is 2.10. The van der Waals surface area contributed by atoms with E-state index >= 15 is 0 Å². The van der Waals surface area contributed by atoms with Crippen LogP contribution in [0.25, 0.3) is 0 Å². The van der Waals surface area contributed by atoms with Gasteiger partial charge >= 0.3 is 0 Å². The van der Waals surface area contributed by atoms with E-state index in [0.717, 1.165) is 26.2 Å².